The molecule has 2 aliphatic carbocycles. The number of rotatable bonds is 2. The van der Waals surface area contributed by atoms with Crippen LogP contribution in [0.1, 0.15) is 73.6 Å². The molecule has 2 aromatic heterocycles. The van der Waals surface area contributed by atoms with E-state index in [0.717, 1.165) is 23.7 Å². The lowest BCUT2D eigenvalue weighted by molar-refractivity contribution is 0.110. The van der Waals surface area contributed by atoms with Gasteiger partial charge in [-0.25, -0.2) is 0 Å². The highest BCUT2D eigenvalue weighted by Crippen LogP contribution is 2.45. The Morgan fingerprint density at radius 2 is 1.41 bits per heavy atom. The number of aromatic amines is 2. The van der Waals surface area contributed by atoms with E-state index in [4.69, 9.17) is 0 Å². The van der Waals surface area contributed by atoms with Gasteiger partial charge in [-0.3, -0.25) is 0 Å². The molecule has 0 bridgehead atoms. The van der Waals surface area contributed by atoms with Crippen LogP contribution in [0.2, 0.25) is 0 Å². The zero-order chi connectivity index (χ0) is 25.1. The van der Waals surface area contributed by atoms with Gasteiger partial charge in [-0.1, -0.05) is 51.0 Å². The first kappa shape index (κ1) is 23.5. The number of likely N-dealkylation sites (N-methyl/N-ethyl adjacent to an activating group) is 1. The highest BCUT2D eigenvalue weighted by Gasteiger charge is 2.39. The van der Waals surface area contributed by atoms with E-state index >= 15 is 0 Å². The molecule has 0 saturated carbocycles. The van der Waals surface area contributed by atoms with Crippen molar-refractivity contribution in [1.82, 2.24) is 20.2 Å². The average Bonchev–Trinajstić information content (AvgIpc) is 3.55. The van der Waals surface area contributed by atoms with E-state index in [0.29, 0.717) is 12.1 Å². The van der Waals surface area contributed by atoms with Crippen LogP contribution in [0.5, 0.6) is 0 Å². The third-order valence-corrected chi connectivity index (χ3v) is 10.4. The Balaban J connectivity index is 0.000000125. The zero-order valence-electron chi connectivity index (χ0n) is 22.7. The fourth-order valence-electron chi connectivity index (χ4n) is 8.28. The third-order valence-electron chi connectivity index (χ3n) is 10.4. The summed E-state index contributed by atoms with van der Waals surface area (Å²) in [6, 6.07) is 14.9. The largest absolute Gasteiger partial charge is 0.361 e. The molecule has 0 amide bonds. The second-order valence-corrected chi connectivity index (χ2v) is 12.3. The smallest absolute Gasteiger partial charge is 0.0459 e. The molecule has 3 N–H and O–H groups in total. The average molecular weight is 495 g/mol. The number of benzene rings is 2. The van der Waals surface area contributed by atoms with E-state index in [1.54, 1.807) is 11.1 Å². The van der Waals surface area contributed by atoms with Gasteiger partial charge in [-0.15, -0.1) is 0 Å². The molecule has 0 spiro atoms. The van der Waals surface area contributed by atoms with E-state index in [1.807, 2.05) is 0 Å². The number of piperidine rings is 2. The molecule has 4 heterocycles. The number of likely N-dealkylation sites (tertiary alicyclic amines) is 1. The Labute approximate surface area is 221 Å². The molecule has 4 heteroatoms. The number of aromatic nitrogens is 2. The summed E-state index contributed by atoms with van der Waals surface area (Å²) in [5.41, 5.74) is 8.84. The summed E-state index contributed by atoms with van der Waals surface area (Å²) in [5.74, 6) is 3.16. The quantitative estimate of drug-likeness (QED) is 0.289. The molecule has 194 valence electrons. The molecule has 4 aliphatic rings. The molecule has 4 aromatic rings. The molecule has 2 saturated heterocycles. The lowest BCUT2D eigenvalue weighted by Gasteiger charge is -2.45. The number of hydrogen-bond acceptors (Lipinski definition) is 2. The number of hydrogen-bond donors (Lipinski definition) is 3. The lowest BCUT2D eigenvalue weighted by atomic mass is 9.72. The van der Waals surface area contributed by atoms with Crippen LogP contribution >= 0.6 is 0 Å². The van der Waals surface area contributed by atoms with Crippen LogP contribution < -0.4 is 5.32 Å². The van der Waals surface area contributed by atoms with Gasteiger partial charge in [0, 0.05) is 64.7 Å². The molecule has 6 atom stereocenters. The number of H-pyrrole nitrogens is 2. The normalized spacial score (nSPS) is 30.5. The highest BCUT2D eigenvalue weighted by molar-refractivity contribution is 5.89. The Bertz CT molecular complexity index is 1410. The molecule has 0 radical (unpaired) electrons. The molecule has 2 aliphatic heterocycles. The maximum Gasteiger partial charge on any atom is 0.0459 e. The van der Waals surface area contributed by atoms with Gasteiger partial charge in [0.2, 0.25) is 0 Å². The van der Waals surface area contributed by atoms with Gasteiger partial charge in [0.15, 0.2) is 0 Å². The monoisotopic (exact) mass is 494 g/mol. The van der Waals surface area contributed by atoms with Crippen molar-refractivity contribution < 1.29 is 0 Å². The van der Waals surface area contributed by atoms with Crippen LogP contribution in [0.4, 0.5) is 0 Å². The summed E-state index contributed by atoms with van der Waals surface area (Å²) in [7, 11) is 2.32. The fourth-order valence-corrected chi connectivity index (χ4v) is 8.28. The van der Waals surface area contributed by atoms with E-state index in [2.05, 4.69) is 89.9 Å². The Hall–Kier alpha value is -2.56. The van der Waals surface area contributed by atoms with E-state index in [1.165, 1.54) is 84.5 Å². The predicted octanol–water partition coefficient (Wildman–Crippen LogP) is 6.73. The SMILES string of the molecule is CC[C@@H]1C[C@@H]2c3cccc4[nH]cc(c34)C[C@H]2N(C)C1.CC[C@H]1CN[C@@H]2Cc3c[nH]c4cccc(c34)[C@H]2C1. The molecule has 2 aromatic carbocycles. The summed E-state index contributed by atoms with van der Waals surface area (Å²) in [6.45, 7) is 7.13. The topological polar surface area (TPSA) is 46.9 Å². The van der Waals surface area contributed by atoms with Gasteiger partial charge in [0.05, 0.1) is 0 Å². The van der Waals surface area contributed by atoms with Crippen molar-refractivity contribution >= 4 is 21.8 Å². The number of nitrogens with one attached hydrogen (secondary N) is 3. The summed E-state index contributed by atoms with van der Waals surface area (Å²) in [4.78, 5) is 9.49. The zero-order valence-corrected chi connectivity index (χ0v) is 22.7. The van der Waals surface area contributed by atoms with Gasteiger partial charge in [0.25, 0.3) is 0 Å². The van der Waals surface area contributed by atoms with Crippen molar-refractivity contribution in [2.75, 3.05) is 20.1 Å². The second-order valence-electron chi connectivity index (χ2n) is 12.3. The molecular weight excluding hydrogens is 452 g/mol. The summed E-state index contributed by atoms with van der Waals surface area (Å²) in [6.07, 6.45) is 12.2. The van der Waals surface area contributed by atoms with Crippen LogP contribution in [0, 0.1) is 11.8 Å². The minimum atomic E-state index is 0.654. The Kier molecular flexibility index (Phi) is 5.93. The molecular formula is C33H42N4. The van der Waals surface area contributed by atoms with Crippen molar-refractivity contribution in [1.29, 1.82) is 0 Å². The van der Waals surface area contributed by atoms with Gasteiger partial charge in [0.1, 0.15) is 0 Å². The van der Waals surface area contributed by atoms with Gasteiger partial charge in [-0.05, 0) is 85.5 Å². The van der Waals surface area contributed by atoms with E-state index in [-0.39, 0.29) is 0 Å². The first-order valence-electron chi connectivity index (χ1n) is 14.8. The van der Waals surface area contributed by atoms with Crippen LogP contribution in [-0.4, -0.2) is 47.1 Å². The van der Waals surface area contributed by atoms with Crippen molar-refractivity contribution in [3.05, 3.63) is 71.0 Å². The maximum atomic E-state index is 3.78. The number of nitrogens with zero attached hydrogens (tertiary/aromatic N) is 1. The molecule has 8 rings (SSSR count). The van der Waals surface area contributed by atoms with E-state index < -0.39 is 0 Å². The standard InChI is InChI=1S/C17H22N2.C16H20N2/c1-3-11-7-14-13-5-4-6-15-17(13)12(9-18-15)8-16(14)19(2)10-11;1-2-10-6-13-12-4-3-5-14-16(12)11(9-18-14)7-15(13)17-8-10/h4-6,9,11,14,16,18H,3,7-8,10H2,1-2H3;3-5,9-10,13,15,17-18H,2,6-8H2,1H3/t11-,14-,16-;10-,13-,15-/m11/s1. The van der Waals surface area contributed by atoms with Crippen LogP contribution in [0.25, 0.3) is 21.8 Å². The molecule has 4 nitrogen and oxygen atoms in total. The summed E-state index contributed by atoms with van der Waals surface area (Å²) in [5, 5.41) is 6.82. The third kappa shape index (κ3) is 3.87. The fraction of sp³-hybridized carbons (Fsp3) is 0.515. The molecule has 37 heavy (non-hydrogen) atoms. The second kappa shape index (κ2) is 9.32. The Morgan fingerprint density at radius 1 is 0.784 bits per heavy atom. The number of fused-ring (bicyclic) bond motifs is 4. The lowest BCUT2D eigenvalue weighted by Crippen LogP contribution is -2.47. The van der Waals surface area contributed by atoms with Gasteiger partial charge in [-0.2, -0.15) is 0 Å². The first-order valence-corrected chi connectivity index (χ1v) is 14.8. The Morgan fingerprint density at radius 3 is 2.08 bits per heavy atom. The molecule has 0 unspecified atom stereocenters. The minimum Gasteiger partial charge on any atom is -0.361 e. The predicted molar refractivity (Wildman–Crippen MR) is 154 cm³/mol. The van der Waals surface area contributed by atoms with Crippen LogP contribution in [0.3, 0.4) is 0 Å². The summed E-state index contributed by atoms with van der Waals surface area (Å²) >= 11 is 0. The van der Waals surface area contributed by atoms with Crippen molar-refractivity contribution in [3.8, 4) is 0 Å². The van der Waals surface area contributed by atoms with Gasteiger partial charge < -0.3 is 20.2 Å². The van der Waals surface area contributed by atoms with Crippen LogP contribution in [-0.2, 0) is 12.8 Å². The van der Waals surface area contributed by atoms with Crippen LogP contribution in [0.15, 0.2) is 48.8 Å². The van der Waals surface area contributed by atoms with Crippen molar-refractivity contribution in [3.63, 3.8) is 0 Å². The molecule has 2 fully saturated rings. The van der Waals surface area contributed by atoms with Crippen molar-refractivity contribution in [2.45, 2.75) is 76.3 Å². The van der Waals surface area contributed by atoms with E-state index in [9.17, 15) is 0 Å². The summed E-state index contributed by atoms with van der Waals surface area (Å²) < 4.78 is 0. The highest BCUT2D eigenvalue weighted by atomic mass is 15.1. The maximum absolute atomic E-state index is 3.78. The van der Waals surface area contributed by atoms with Gasteiger partial charge >= 0.3 is 0 Å². The van der Waals surface area contributed by atoms with Crippen molar-refractivity contribution in [2.24, 2.45) is 11.8 Å². The first-order chi connectivity index (χ1) is 18.1. The minimum absolute atomic E-state index is 0.654.